The monoisotopic (exact) mass is 222 g/mol. The van der Waals surface area contributed by atoms with E-state index in [1.165, 1.54) is 0 Å². The Bertz CT molecular complexity index is 318. The number of pyridine rings is 1. The molecule has 88 valence electrons. The molecule has 0 amide bonds. The van der Waals surface area contributed by atoms with Crippen LogP contribution in [0.1, 0.15) is 25.5 Å². The van der Waals surface area contributed by atoms with Gasteiger partial charge in [-0.3, -0.25) is 0 Å². The lowest BCUT2D eigenvalue weighted by molar-refractivity contribution is 0.0767. The summed E-state index contributed by atoms with van der Waals surface area (Å²) >= 11 is 0. The van der Waals surface area contributed by atoms with E-state index in [1.807, 2.05) is 32.2 Å². The molecule has 1 unspecified atom stereocenters. The Labute approximate surface area is 96.0 Å². The molecule has 2 heterocycles. The van der Waals surface area contributed by atoms with Crippen LogP contribution >= 0.6 is 0 Å². The van der Waals surface area contributed by atoms with E-state index in [4.69, 9.17) is 9.47 Å². The molecule has 1 N–H and O–H groups in total. The van der Waals surface area contributed by atoms with Gasteiger partial charge in [-0.15, -0.1) is 0 Å². The molecule has 0 saturated carbocycles. The number of morpholine rings is 1. The van der Waals surface area contributed by atoms with Crippen LogP contribution in [0, 0.1) is 0 Å². The lowest BCUT2D eigenvalue weighted by atomic mass is 10.1. The standard InChI is InChI=1S/C12H18N2O2/c1-9(2)16-12-4-3-10(7-14-12)11-8-15-6-5-13-11/h3-4,7,9,11,13H,5-6,8H2,1-2H3. The summed E-state index contributed by atoms with van der Waals surface area (Å²) in [4.78, 5) is 4.28. The van der Waals surface area contributed by atoms with E-state index < -0.39 is 0 Å². The molecule has 0 aliphatic carbocycles. The number of nitrogens with one attached hydrogen (secondary N) is 1. The molecule has 1 atom stereocenters. The summed E-state index contributed by atoms with van der Waals surface area (Å²) in [6.07, 6.45) is 2.01. The average molecular weight is 222 g/mol. The van der Waals surface area contributed by atoms with Gasteiger partial charge in [0.15, 0.2) is 0 Å². The lowest BCUT2D eigenvalue weighted by Gasteiger charge is -2.23. The number of nitrogens with zero attached hydrogens (tertiary/aromatic N) is 1. The summed E-state index contributed by atoms with van der Waals surface area (Å²) in [5.41, 5.74) is 1.15. The first kappa shape index (κ1) is 11.4. The zero-order valence-electron chi connectivity index (χ0n) is 9.77. The first-order valence-corrected chi connectivity index (χ1v) is 5.69. The summed E-state index contributed by atoms with van der Waals surface area (Å²) in [7, 11) is 0. The molecular weight excluding hydrogens is 204 g/mol. The highest BCUT2D eigenvalue weighted by Gasteiger charge is 2.15. The number of hydrogen-bond donors (Lipinski definition) is 1. The van der Waals surface area contributed by atoms with Crippen molar-refractivity contribution in [3.8, 4) is 5.88 Å². The Balaban J connectivity index is 2.00. The van der Waals surface area contributed by atoms with E-state index in [2.05, 4.69) is 10.3 Å². The third-order valence-corrected chi connectivity index (χ3v) is 2.44. The Morgan fingerprint density at radius 3 is 2.94 bits per heavy atom. The minimum atomic E-state index is 0.162. The van der Waals surface area contributed by atoms with Crippen molar-refractivity contribution in [1.29, 1.82) is 0 Å². The molecule has 4 heteroatoms. The quantitative estimate of drug-likeness (QED) is 0.842. The molecule has 0 radical (unpaired) electrons. The van der Waals surface area contributed by atoms with Crippen LogP contribution in [0.4, 0.5) is 0 Å². The maximum absolute atomic E-state index is 5.49. The molecule has 16 heavy (non-hydrogen) atoms. The van der Waals surface area contributed by atoms with Crippen LogP contribution in [0.2, 0.25) is 0 Å². The minimum absolute atomic E-state index is 0.162. The summed E-state index contributed by atoms with van der Waals surface area (Å²) in [6.45, 7) is 6.39. The second-order valence-electron chi connectivity index (χ2n) is 4.18. The third-order valence-electron chi connectivity index (χ3n) is 2.44. The van der Waals surface area contributed by atoms with E-state index in [9.17, 15) is 0 Å². The van der Waals surface area contributed by atoms with Crippen molar-refractivity contribution in [2.75, 3.05) is 19.8 Å². The van der Waals surface area contributed by atoms with Crippen LogP contribution in [0.3, 0.4) is 0 Å². The van der Waals surface area contributed by atoms with Gasteiger partial charge in [0.2, 0.25) is 5.88 Å². The normalized spacial score (nSPS) is 21.1. The highest BCUT2D eigenvalue weighted by atomic mass is 16.5. The number of rotatable bonds is 3. The van der Waals surface area contributed by atoms with Crippen LogP contribution in [-0.4, -0.2) is 30.8 Å². The van der Waals surface area contributed by atoms with E-state index in [-0.39, 0.29) is 12.1 Å². The van der Waals surface area contributed by atoms with Crippen molar-refractivity contribution in [2.45, 2.75) is 26.0 Å². The molecule has 1 aromatic heterocycles. The molecule has 2 rings (SSSR count). The zero-order valence-corrected chi connectivity index (χ0v) is 9.77. The van der Waals surface area contributed by atoms with E-state index in [1.54, 1.807) is 0 Å². The van der Waals surface area contributed by atoms with Crippen LogP contribution in [0.25, 0.3) is 0 Å². The zero-order chi connectivity index (χ0) is 11.4. The van der Waals surface area contributed by atoms with Gasteiger partial charge < -0.3 is 14.8 Å². The molecule has 4 nitrogen and oxygen atoms in total. The fraction of sp³-hybridized carbons (Fsp3) is 0.583. The Morgan fingerprint density at radius 1 is 1.50 bits per heavy atom. The van der Waals surface area contributed by atoms with Crippen LogP contribution in [0.5, 0.6) is 5.88 Å². The van der Waals surface area contributed by atoms with Crippen LogP contribution < -0.4 is 10.1 Å². The van der Waals surface area contributed by atoms with Gasteiger partial charge in [-0.1, -0.05) is 6.07 Å². The van der Waals surface area contributed by atoms with Gasteiger partial charge in [0, 0.05) is 18.8 Å². The Morgan fingerprint density at radius 2 is 2.38 bits per heavy atom. The second kappa shape index (κ2) is 5.27. The second-order valence-corrected chi connectivity index (χ2v) is 4.18. The molecule has 1 aliphatic heterocycles. The van der Waals surface area contributed by atoms with E-state index in [0.29, 0.717) is 12.5 Å². The molecule has 1 fully saturated rings. The fourth-order valence-corrected chi connectivity index (χ4v) is 1.69. The molecule has 0 aromatic carbocycles. The van der Waals surface area contributed by atoms with Crippen LogP contribution in [0.15, 0.2) is 18.3 Å². The average Bonchev–Trinajstić information content (AvgIpc) is 2.30. The SMILES string of the molecule is CC(C)Oc1ccc(C2COCCN2)cn1. The van der Waals surface area contributed by atoms with Gasteiger partial charge in [-0.05, 0) is 19.4 Å². The predicted molar refractivity (Wildman–Crippen MR) is 61.6 cm³/mol. The molecule has 0 bridgehead atoms. The van der Waals surface area contributed by atoms with E-state index >= 15 is 0 Å². The Hall–Kier alpha value is -1.13. The lowest BCUT2D eigenvalue weighted by Crippen LogP contribution is -2.34. The van der Waals surface area contributed by atoms with Crippen LogP contribution in [-0.2, 0) is 4.74 Å². The number of hydrogen-bond acceptors (Lipinski definition) is 4. The summed E-state index contributed by atoms with van der Waals surface area (Å²) in [5.74, 6) is 0.676. The van der Waals surface area contributed by atoms with Gasteiger partial charge in [-0.2, -0.15) is 0 Å². The number of ether oxygens (including phenoxy) is 2. The minimum Gasteiger partial charge on any atom is -0.475 e. The predicted octanol–water partition coefficient (Wildman–Crippen LogP) is 1.53. The molecule has 1 saturated heterocycles. The van der Waals surface area contributed by atoms with Crippen molar-refractivity contribution in [3.05, 3.63) is 23.9 Å². The van der Waals surface area contributed by atoms with Gasteiger partial charge in [-0.25, -0.2) is 4.98 Å². The van der Waals surface area contributed by atoms with Crippen molar-refractivity contribution >= 4 is 0 Å². The van der Waals surface area contributed by atoms with Crippen molar-refractivity contribution < 1.29 is 9.47 Å². The maximum atomic E-state index is 5.49. The fourth-order valence-electron chi connectivity index (χ4n) is 1.69. The smallest absolute Gasteiger partial charge is 0.213 e. The molecule has 1 aromatic rings. The van der Waals surface area contributed by atoms with Crippen molar-refractivity contribution in [3.63, 3.8) is 0 Å². The van der Waals surface area contributed by atoms with Gasteiger partial charge in [0.05, 0.1) is 25.4 Å². The van der Waals surface area contributed by atoms with Gasteiger partial charge in [0.25, 0.3) is 0 Å². The van der Waals surface area contributed by atoms with E-state index in [0.717, 1.165) is 18.7 Å². The molecule has 0 spiro atoms. The highest BCUT2D eigenvalue weighted by molar-refractivity contribution is 5.21. The van der Waals surface area contributed by atoms with Gasteiger partial charge in [0.1, 0.15) is 0 Å². The molecular formula is C12H18N2O2. The molecule has 1 aliphatic rings. The van der Waals surface area contributed by atoms with Crippen molar-refractivity contribution in [2.24, 2.45) is 0 Å². The Kier molecular flexibility index (Phi) is 3.74. The third kappa shape index (κ3) is 2.93. The highest BCUT2D eigenvalue weighted by Crippen LogP contribution is 2.17. The first-order chi connectivity index (χ1) is 7.75. The summed E-state index contributed by atoms with van der Waals surface area (Å²) in [5, 5.41) is 3.39. The largest absolute Gasteiger partial charge is 0.475 e. The first-order valence-electron chi connectivity index (χ1n) is 5.69. The summed E-state index contributed by atoms with van der Waals surface area (Å²) < 4.78 is 10.9. The number of aromatic nitrogens is 1. The maximum Gasteiger partial charge on any atom is 0.213 e. The van der Waals surface area contributed by atoms with Gasteiger partial charge >= 0.3 is 0 Å². The summed E-state index contributed by atoms with van der Waals surface area (Å²) in [6, 6.07) is 4.21. The van der Waals surface area contributed by atoms with Crippen molar-refractivity contribution in [1.82, 2.24) is 10.3 Å². The topological polar surface area (TPSA) is 43.4 Å².